The van der Waals surface area contributed by atoms with Crippen LogP contribution in [-0.4, -0.2) is 27.3 Å². The highest BCUT2D eigenvalue weighted by molar-refractivity contribution is 5.92. The predicted molar refractivity (Wildman–Crippen MR) is 120 cm³/mol. The van der Waals surface area contributed by atoms with E-state index in [1.807, 2.05) is 38.1 Å². The molecule has 0 bridgehead atoms. The summed E-state index contributed by atoms with van der Waals surface area (Å²) < 4.78 is 21.4. The number of amides is 1. The Bertz CT molecular complexity index is 1000. The van der Waals surface area contributed by atoms with E-state index < -0.39 is 0 Å². The number of anilines is 1. The Morgan fingerprint density at radius 3 is 2.52 bits per heavy atom. The summed E-state index contributed by atoms with van der Waals surface area (Å²) >= 11 is 0. The molecule has 3 rings (SSSR count). The van der Waals surface area contributed by atoms with E-state index in [2.05, 4.69) is 22.3 Å². The normalized spacial score (nSPS) is 11.9. The molecular formula is C24H29FN4O2. The largest absolute Gasteiger partial charge is 0.463 e. The van der Waals surface area contributed by atoms with Gasteiger partial charge in [-0.25, -0.2) is 9.07 Å². The molecule has 0 aliphatic rings. The zero-order chi connectivity index (χ0) is 22.2. The molecule has 0 radical (unpaired) electrons. The van der Waals surface area contributed by atoms with Crippen LogP contribution in [0.1, 0.15) is 46.5 Å². The van der Waals surface area contributed by atoms with Gasteiger partial charge in [0.1, 0.15) is 5.82 Å². The van der Waals surface area contributed by atoms with E-state index >= 15 is 0 Å². The van der Waals surface area contributed by atoms with Crippen molar-refractivity contribution in [1.29, 1.82) is 0 Å². The van der Waals surface area contributed by atoms with Crippen molar-refractivity contribution in [2.45, 2.75) is 46.5 Å². The zero-order valence-electron chi connectivity index (χ0n) is 18.3. The first-order valence-corrected chi connectivity index (χ1v) is 10.8. The number of rotatable bonds is 10. The van der Waals surface area contributed by atoms with Crippen molar-refractivity contribution in [3.8, 4) is 23.1 Å². The fraction of sp³-hybridized carbons (Fsp3) is 0.375. The topological polar surface area (TPSA) is 69.0 Å². The Hall–Kier alpha value is -3.22. The van der Waals surface area contributed by atoms with Crippen LogP contribution in [0, 0.1) is 11.7 Å². The molecule has 3 aromatic rings. The van der Waals surface area contributed by atoms with Crippen LogP contribution in [0.15, 0.2) is 48.5 Å². The first-order chi connectivity index (χ1) is 15.1. The first-order valence-electron chi connectivity index (χ1n) is 10.8. The number of unbranched alkanes of at least 4 members (excludes halogenated alkanes) is 1. The maximum absolute atomic E-state index is 14.4. The monoisotopic (exact) mass is 424 g/mol. The fourth-order valence-electron chi connectivity index (χ4n) is 3.38. The average molecular weight is 425 g/mol. The van der Waals surface area contributed by atoms with E-state index in [4.69, 9.17) is 4.74 Å². The molecule has 7 heteroatoms. The Morgan fingerprint density at radius 2 is 1.87 bits per heavy atom. The van der Waals surface area contributed by atoms with E-state index in [1.54, 1.807) is 22.9 Å². The van der Waals surface area contributed by atoms with Crippen molar-refractivity contribution in [2.24, 2.45) is 5.92 Å². The lowest BCUT2D eigenvalue weighted by molar-refractivity contribution is -0.120. The maximum atomic E-state index is 14.4. The van der Waals surface area contributed by atoms with Crippen molar-refractivity contribution in [2.75, 3.05) is 11.9 Å². The molecule has 1 N–H and O–H groups in total. The van der Waals surface area contributed by atoms with Crippen LogP contribution >= 0.6 is 0 Å². The van der Waals surface area contributed by atoms with Crippen LogP contribution in [-0.2, 0) is 4.79 Å². The molecule has 164 valence electrons. The lowest BCUT2D eigenvalue weighted by atomic mass is 9.98. The van der Waals surface area contributed by atoms with E-state index in [1.165, 1.54) is 6.07 Å². The van der Waals surface area contributed by atoms with Gasteiger partial charge in [0.2, 0.25) is 5.91 Å². The third-order valence-corrected chi connectivity index (χ3v) is 5.13. The van der Waals surface area contributed by atoms with Crippen molar-refractivity contribution in [1.82, 2.24) is 14.8 Å². The molecule has 1 heterocycles. The number of carbonyl (C=O) groups excluding carboxylic acids is 1. The molecule has 31 heavy (non-hydrogen) atoms. The molecule has 0 aliphatic carbocycles. The number of hydrogen-bond acceptors (Lipinski definition) is 4. The van der Waals surface area contributed by atoms with E-state index in [-0.39, 0.29) is 23.7 Å². The van der Waals surface area contributed by atoms with Gasteiger partial charge in [-0.1, -0.05) is 38.8 Å². The molecule has 0 saturated carbocycles. The number of hydrogen-bond donors (Lipinski definition) is 1. The number of aromatic nitrogens is 3. The number of nitrogens with one attached hydrogen (secondary N) is 1. The molecule has 1 amide bonds. The Morgan fingerprint density at radius 1 is 1.13 bits per heavy atom. The number of ether oxygens (including phenoxy) is 1. The van der Waals surface area contributed by atoms with Crippen molar-refractivity contribution >= 4 is 11.6 Å². The van der Waals surface area contributed by atoms with E-state index in [0.29, 0.717) is 29.4 Å². The molecule has 1 aromatic heterocycles. The van der Waals surface area contributed by atoms with Crippen LogP contribution < -0.4 is 10.1 Å². The van der Waals surface area contributed by atoms with Crippen LogP contribution in [0.5, 0.6) is 6.01 Å². The van der Waals surface area contributed by atoms with E-state index in [0.717, 1.165) is 25.7 Å². The highest BCUT2D eigenvalue weighted by atomic mass is 19.1. The second kappa shape index (κ2) is 10.7. The van der Waals surface area contributed by atoms with Gasteiger partial charge >= 0.3 is 6.01 Å². The van der Waals surface area contributed by atoms with Gasteiger partial charge in [0.25, 0.3) is 0 Å². The van der Waals surface area contributed by atoms with Crippen LogP contribution in [0.4, 0.5) is 10.1 Å². The predicted octanol–water partition coefficient (Wildman–Crippen LogP) is 5.63. The molecule has 1 atom stereocenters. The third-order valence-electron chi connectivity index (χ3n) is 5.13. The minimum atomic E-state index is -0.388. The lowest BCUT2D eigenvalue weighted by Crippen LogP contribution is -2.22. The summed E-state index contributed by atoms with van der Waals surface area (Å²) in [6.07, 6.45) is 3.82. The van der Waals surface area contributed by atoms with Gasteiger partial charge in [0.15, 0.2) is 5.82 Å². The minimum absolute atomic E-state index is 0.0105. The van der Waals surface area contributed by atoms with Gasteiger partial charge in [-0.3, -0.25) is 4.79 Å². The highest BCUT2D eigenvalue weighted by Crippen LogP contribution is 2.26. The van der Waals surface area contributed by atoms with Gasteiger partial charge in [-0.2, -0.15) is 4.98 Å². The minimum Gasteiger partial charge on any atom is -0.463 e. The summed E-state index contributed by atoms with van der Waals surface area (Å²) in [4.78, 5) is 16.9. The van der Waals surface area contributed by atoms with Crippen molar-refractivity contribution in [3.05, 3.63) is 54.3 Å². The van der Waals surface area contributed by atoms with Gasteiger partial charge in [-0.15, -0.1) is 5.10 Å². The number of nitrogens with zero attached hydrogens (tertiary/aromatic N) is 3. The van der Waals surface area contributed by atoms with Gasteiger partial charge in [0.05, 0.1) is 17.9 Å². The maximum Gasteiger partial charge on any atom is 0.336 e. The average Bonchev–Trinajstić information content (AvgIpc) is 3.19. The van der Waals surface area contributed by atoms with Gasteiger partial charge in [-0.05, 0) is 56.2 Å². The number of halogens is 1. The SMILES string of the molecule is CCCC[C@H](CC)C(=O)Nc1ccc(-n2nc(OCC)nc2-c2ccccc2F)cc1. The third kappa shape index (κ3) is 5.48. The number of benzene rings is 2. The molecule has 0 fully saturated rings. The van der Waals surface area contributed by atoms with Crippen LogP contribution in [0.2, 0.25) is 0 Å². The van der Waals surface area contributed by atoms with Crippen molar-refractivity contribution < 1.29 is 13.9 Å². The molecule has 2 aromatic carbocycles. The first kappa shape index (κ1) is 22.5. The summed E-state index contributed by atoms with van der Waals surface area (Å²) in [6.45, 7) is 6.40. The molecule has 0 saturated heterocycles. The van der Waals surface area contributed by atoms with E-state index in [9.17, 15) is 9.18 Å². The fourth-order valence-corrected chi connectivity index (χ4v) is 3.38. The highest BCUT2D eigenvalue weighted by Gasteiger charge is 2.18. The summed E-state index contributed by atoms with van der Waals surface area (Å²) in [7, 11) is 0. The molecule has 0 spiro atoms. The standard InChI is InChI=1S/C24H29FN4O2/c1-4-7-10-17(5-2)23(30)26-18-13-15-19(16-14-18)29-22(27-24(28-29)31-6-3)20-11-8-9-12-21(20)25/h8-9,11-17H,4-7,10H2,1-3H3,(H,26,30)/t17-/m0/s1. The second-order valence-corrected chi connectivity index (χ2v) is 7.33. The lowest BCUT2D eigenvalue weighted by Gasteiger charge is -2.15. The van der Waals surface area contributed by atoms with Gasteiger partial charge < -0.3 is 10.1 Å². The molecule has 6 nitrogen and oxygen atoms in total. The quantitative estimate of drug-likeness (QED) is 0.458. The molecule has 0 aliphatic heterocycles. The summed E-state index contributed by atoms with van der Waals surface area (Å²) in [6, 6.07) is 13.9. The summed E-state index contributed by atoms with van der Waals surface area (Å²) in [5.74, 6) is 0.0104. The second-order valence-electron chi connectivity index (χ2n) is 7.33. The summed E-state index contributed by atoms with van der Waals surface area (Å²) in [5, 5.41) is 7.38. The molecular weight excluding hydrogens is 395 g/mol. The Kier molecular flexibility index (Phi) is 7.76. The van der Waals surface area contributed by atoms with Crippen molar-refractivity contribution in [3.63, 3.8) is 0 Å². The smallest absolute Gasteiger partial charge is 0.336 e. The Labute approximate surface area is 182 Å². The molecule has 0 unspecified atom stereocenters. The Balaban J connectivity index is 1.85. The van der Waals surface area contributed by atoms with Crippen LogP contribution in [0.3, 0.4) is 0 Å². The van der Waals surface area contributed by atoms with Crippen LogP contribution in [0.25, 0.3) is 17.1 Å². The van der Waals surface area contributed by atoms with Gasteiger partial charge in [0, 0.05) is 11.6 Å². The zero-order valence-corrected chi connectivity index (χ0v) is 18.3. The number of carbonyl (C=O) groups is 1. The summed E-state index contributed by atoms with van der Waals surface area (Å²) in [5.41, 5.74) is 1.73.